The third kappa shape index (κ3) is 1.21. The summed E-state index contributed by atoms with van der Waals surface area (Å²) in [4.78, 5) is 11.0. The van der Waals surface area contributed by atoms with Crippen LogP contribution in [0.3, 0.4) is 0 Å². The predicted molar refractivity (Wildman–Crippen MR) is 38.6 cm³/mol. The second-order valence-electron chi connectivity index (χ2n) is 3.72. The van der Waals surface area contributed by atoms with Gasteiger partial charge in [0.25, 0.3) is 0 Å². The summed E-state index contributed by atoms with van der Waals surface area (Å²) in [6, 6.07) is 0. The van der Waals surface area contributed by atoms with Crippen molar-refractivity contribution >= 4 is 5.78 Å². The third-order valence-corrected chi connectivity index (χ3v) is 2.33. The van der Waals surface area contributed by atoms with Crippen LogP contribution in [0, 0.1) is 11.3 Å². The Morgan fingerprint density at radius 1 is 1.80 bits per heavy atom. The Kier molecular flexibility index (Phi) is 1.82. The molecule has 0 aliphatic heterocycles. The highest BCUT2D eigenvalue weighted by Crippen LogP contribution is 2.37. The number of hydrogen-bond donors (Lipinski definition) is 1. The lowest BCUT2D eigenvalue weighted by atomic mass is 9.89. The van der Waals surface area contributed by atoms with Crippen LogP contribution >= 0.6 is 0 Å². The van der Waals surface area contributed by atoms with Gasteiger partial charge in [-0.05, 0) is 11.8 Å². The molecular formula is C8H14O2. The van der Waals surface area contributed by atoms with E-state index >= 15 is 0 Å². The van der Waals surface area contributed by atoms with Gasteiger partial charge in [-0.2, -0.15) is 0 Å². The van der Waals surface area contributed by atoms with Gasteiger partial charge in [0.05, 0.1) is 0 Å². The Labute approximate surface area is 61.2 Å². The van der Waals surface area contributed by atoms with Gasteiger partial charge in [0.2, 0.25) is 0 Å². The zero-order valence-corrected chi connectivity index (χ0v) is 6.55. The molecular weight excluding hydrogens is 128 g/mol. The van der Waals surface area contributed by atoms with Gasteiger partial charge in [0.15, 0.2) is 0 Å². The maximum absolute atomic E-state index is 11.0. The Morgan fingerprint density at radius 3 is 2.60 bits per heavy atom. The third-order valence-electron chi connectivity index (χ3n) is 2.33. The minimum Gasteiger partial charge on any atom is -0.396 e. The van der Waals surface area contributed by atoms with Crippen molar-refractivity contribution in [2.45, 2.75) is 26.7 Å². The number of carbonyl (C=O) groups excluding carboxylic acids is 1. The maximum atomic E-state index is 11.0. The Morgan fingerprint density at radius 2 is 2.40 bits per heavy atom. The van der Waals surface area contributed by atoms with Gasteiger partial charge >= 0.3 is 0 Å². The zero-order chi connectivity index (χ0) is 7.78. The summed E-state index contributed by atoms with van der Waals surface area (Å²) >= 11 is 0. The first-order valence-electron chi connectivity index (χ1n) is 3.71. The van der Waals surface area contributed by atoms with Crippen LogP contribution in [0.25, 0.3) is 0 Å². The van der Waals surface area contributed by atoms with E-state index in [2.05, 4.69) is 0 Å². The predicted octanol–water partition coefficient (Wildman–Crippen LogP) is 0.984. The van der Waals surface area contributed by atoms with E-state index in [1.807, 2.05) is 13.8 Å². The van der Waals surface area contributed by atoms with Crippen molar-refractivity contribution in [2.75, 3.05) is 6.61 Å². The fraction of sp³-hybridized carbons (Fsp3) is 0.875. The van der Waals surface area contributed by atoms with Crippen LogP contribution in [0.15, 0.2) is 0 Å². The number of hydrogen-bond acceptors (Lipinski definition) is 2. The van der Waals surface area contributed by atoms with Crippen LogP contribution in [0.1, 0.15) is 26.7 Å². The molecule has 0 saturated heterocycles. The molecule has 0 aromatic rings. The van der Waals surface area contributed by atoms with Crippen LogP contribution in [-0.2, 0) is 4.79 Å². The highest BCUT2D eigenvalue weighted by atomic mass is 16.3. The van der Waals surface area contributed by atoms with Gasteiger partial charge in [0, 0.05) is 18.9 Å². The molecule has 2 heteroatoms. The summed E-state index contributed by atoms with van der Waals surface area (Å²) in [6.45, 7) is 4.04. The molecule has 1 fully saturated rings. The topological polar surface area (TPSA) is 37.3 Å². The molecule has 1 saturated carbocycles. The lowest BCUT2D eigenvalue weighted by Gasteiger charge is -2.18. The largest absolute Gasteiger partial charge is 0.396 e. The van der Waals surface area contributed by atoms with Gasteiger partial charge in [0.1, 0.15) is 5.78 Å². The average Bonchev–Trinajstić information content (AvgIpc) is 2.10. The Hall–Kier alpha value is -0.370. The molecule has 0 amide bonds. The second-order valence-corrected chi connectivity index (χ2v) is 3.72. The second kappa shape index (κ2) is 2.35. The zero-order valence-electron chi connectivity index (χ0n) is 6.55. The number of Topliss-reactive ketones (excluding diaryl/α,β-unsaturated/α-hetero) is 1. The van der Waals surface area contributed by atoms with Gasteiger partial charge in [-0.1, -0.05) is 13.8 Å². The van der Waals surface area contributed by atoms with Crippen molar-refractivity contribution in [3.05, 3.63) is 0 Å². The molecule has 2 nitrogen and oxygen atoms in total. The Bertz CT molecular complexity index is 153. The van der Waals surface area contributed by atoms with Gasteiger partial charge < -0.3 is 5.11 Å². The van der Waals surface area contributed by atoms with E-state index in [1.165, 1.54) is 0 Å². The smallest absolute Gasteiger partial charge is 0.136 e. The van der Waals surface area contributed by atoms with Crippen molar-refractivity contribution in [3.63, 3.8) is 0 Å². The highest BCUT2D eigenvalue weighted by Gasteiger charge is 2.38. The molecule has 1 aliphatic rings. The minimum atomic E-state index is -0.115. The molecule has 0 spiro atoms. The summed E-state index contributed by atoms with van der Waals surface area (Å²) in [5, 5.41) is 8.91. The molecule has 2 unspecified atom stereocenters. The number of aliphatic hydroxyl groups excluding tert-OH is 1. The molecule has 1 rings (SSSR count). The molecule has 0 radical (unpaired) electrons. The molecule has 0 bridgehead atoms. The molecule has 10 heavy (non-hydrogen) atoms. The first-order valence-corrected chi connectivity index (χ1v) is 3.71. The molecule has 2 atom stereocenters. The molecule has 0 heterocycles. The van der Waals surface area contributed by atoms with Gasteiger partial charge in [-0.3, -0.25) is 4.79 Å². The van der Waals surface area contributed by atoms with E-state index in [0.717, 1.165) is 6.42 Å². The molecule has 1 aliphatic carbocycles. The minimum absolute atomic E-state index is 0.115. The molecule has 58 valence electrons. The van der Waals surface area contributed by atoms with Gasteiger partial charge in [-0.25, -0.2) is 0 Å². The summed E-state index contributed by atoms with van der Waals surface area (Å²) in [5.74, 6) is 0.466. The maximum Gasteiger partial charge on any atom is 0.136 e. The number of carbonyl (C=O) groups is 1. The van der Waals surface area contributed by atoms with E-state index in [9.17, 15) is 4.79 Å². The first kappa shape index (κ1) is 7.73. The summed E-state index contributed by atoms with van der Waals surface area (Å²) in [5.41, 5.74) is -0.115. The molecule has 1 N–H and O–H groups in total. The van der Waals surface area contributed by atoms with E-state index in [0.29, 0.717) is 12.2 Å². The fourth-order valence-corrected chi connectivity index (χ4v) is 1.64. The van der Waals surface area contributed by atoms with Gasteiger partial charge in [-0.15, -0.1) is 0 Å². The number of aliphatic hydroxyl groups is 1. The van der Waals surface area contributed by atoms with Crippen molar-refractivity contribution in [3.8, 4) is 0 Å². The van der Waals surface area contributed by atoms with Crippen molar-refractivity contribution in [1.82, 2.24) is 0 Å². The SMILES string of the molecule is CC1CC(C)(CO)CC1=O. The lowest BCUT2D eigenvalue weighted by molar-refractivity contribution is -0.120. The molecule has 0 aromatic carbocycles. The number of rotatable bonds is 1. The van der Waals surface area contributed by atoms with E-state index < -0.39 is 0 Å². The monoisotopic (exact) mass is 142 g/mol. The van der Waals surface area contributed by atoms with Crippen molar-refractivity contribution < 1.29 is 9.90 Å². The van der Waals surface area contributed by atoms with Crippen LogP contribution in [0.5, 0.6) is 0 Å². The lowest BCUT2D eigenvalue weighted by Crippen LogP contribution is -2.16. The summed E-state index contributed by atoms with van der Waals surface area (Å²) in [6.07, 6.45) is 1.41. The van der Waals surface area contributed by atoms with Crippen molar-refractivity contribution in [2.24, 2.45) is 11.3 Å². The van der Waals surface area contributed by atoms with E-state index in [-0.39, 0.29) is 17.9 Å². The van der Waals surface area contributed by atoms with Crippen LogP contribution in [0.2, 0.25) is 0 Å². The standard InChI is InChI=1S/C8H14O2/c1-6-3-8(2,5-9)4-7(6)10/h6,9H,3-5H2,1-2H3. The van der Waals surface area contributed by atoms with Crippen LogP contribution in [-0.4, -0.2) is 17.5 Å². The highest BCUT2D eigenvalue weighted by molar-refractivity contribution is 5.83. The summed E-state index contributed by atoms with van der Waals surface area (Å²) in [7, 11) is 0. The summed E-state index contributed by atoms with van der Waals surface area (Å²) < 4.78 is 0. The Balaban J connectivity index is 2.64. The van der Waals surface area contributed by atoms with E-state index in [1.54, 1.807) is 0 Å². The van der Waals surface area contributed by atoms with E-state index in [4.69, 9.17) is 5.11 Å². The van der Waals surface area contributed by atoms with Crippen LogP contribution in [0.4, 0.5) is 0 Å². The molecule has 0 aromatic heterocycles. The normalized spacial score (nSPS) is 40.7. The van der Waals surface area contributed by atoms with Crippen LogP contribution < -0.4 is 0 Å². The first-order chi connectivity index (χ1) is 4.57. The number of ketones is 1. The quantitative estimate of drug-likeness (QED) is 0.592. The average molecular weight is 142 g/mol. The fourth-order valence-electron chi connectivity index (χ4n) is 1.64. The van der Waals surface area contributed by atoms with Crippen molar-refractivity contribution in [1.29, 1.82) is 0 Å².